The molecule has 5 rings (SSSR count). The van der Waals surface area contributed by atoms with Crippen LogP contribution in [-0.2, 0) is 10.3 Å². The predicted molar refractivity (Wildman–Crippen MR) is 114 cm³/mol. The van der Waals surface area contributed by atoms with Crippen LogP contribution in [0.3, 0.4) is 0 Å². The summed E-state index contributed by atoms with van der Waals surface area (Å²) in [7, 11) is 0. The Hall–Kier alpha value is -3.67. The summed E-state index contributed by atoms with van der Waals surface area (Å²) in [6, 6.07) is 14.1. The third kappa shape index (κ3) is 2.05. The van der Waals surface area contributed by atoms with Gasteiger partial charge in [-0.1, -0.05) is 43.3 Å². The molecule has 0 saturated heterocycles. The van der Waals surface area contributed by atoms with Gasteiger partial charge in [0.05, 0.1) is 16.6 Å². The number of amides is 2. The van der Waals surface area contributed by atoms with E-state index in [1.165, 1.54) is 4.90 Å². The Kier molecular flexibility index (Phi) is 3.93. The normalized spacial score (nSPS) is 19.6. The van der Waals surface area contributed by atoms with Crippen molar-refractivity contribution in [3.8, 4) is 0 Å². The van der Waals surface area contributed by atoms with Crippen molar-refractivity contribution < 1.29 is 14.0 Å². The zero-order valence-corrected chi connectivity index (χ0v) is 16.6. The molecule has 150 valence electrons. The standard InChI is InChI=1S/C24H20N2O4/c1-3-13-25-17-11-7-6-10-16(17)24(23(25)29)19-20(27)15-9-5-8-12-18(15)30-21(19)22(28)26(24)14-4-2/h4-12H,2-3,13-14H2,1H3. The molecule has 1 unspecified atom stereocenters. The number of para-hydroxylation sites is 2. The molecule has 0 bridgehead atoms. The Labute approximate surface area is 173 Å². The van der Waals surface area contributed by atoms with E-state index in [1.54, 1.807) is 35.2 Å². The summed E-state index contributed by atoms with van der Waals surface area (Å²) in [5.74, 6) is -0.849. The van der Waals surface area contributed by atoms with Crippen LogP contribution in [0.5, 0.6) is 0 Å². The first kappa shape index (κ1) is 18.4. The lowest BCUT2D eigenvalue weighted by molar-refractivity contribution is -0.125. The molecule has 1 aromatic heterocycles. The molecule has 0 fully saturated rings. The van der Waals surface area contributed by atoms with Gasteiger partial charge in [0.15, 0.2) is 11.0 Å². The molecule has 2 aromatic carbocycles. The predicted octanol–water partition coefficient (Wildman–Crippen LogP) is 3.44. The second-order valence-electron chi connectivity index (χ2n) is 7.52. The van der Waals surface area contributed by atoms with Gasteiger partial charge < -0.3 is 14.2 Å². The van der Waals surface area contributed by atoms with Gasteiger partial charge in [-0.25, -0.2) is 0 Å². The Morgan fingerprint density at radius 1 is 1.07 bits per heavy atom. The van der Waals surface area contributed by atoms with Crippen molar-refractivity contribution in [3.05, 3.63) is 88.3 Å². The monoisotopic (exact) mass is 400 g/mol. The Morgan fingerprint density at radius 3 is 2.57 bits per heavy atom. The first-order valence-electron chi connectivity index (χ1n) is 9.98. The van der Waals surface area contributed by atoms with Crippen molar-refractivity contribution in [1.29, 1.82) is 0 Å². The van der Waals surface area contributed by atoms with Crippen LogP contribution in [0, 0.1) is 0 Å². The number of hydrogen-bond donors (Lipinski definition) is 0. The van der Waals surface area contributed by atoms with Crippen LogP contribution in [-0.4, -0.2) is 29.8 Å². The summed E-state index contributed by atoms with van der Waals surface area (Å²) in [5.41, 5.74) is -0.130. The van der Waals surface area contributed by atoms with Gasteiger partial charge in [0.1, 0.15) is 5.58 Å². The molecule has 0 aliphatic carbocycles. The van der Waals surface area contributed by atoms with E-state index in [9.17, 15) is 14.4 Å². The summed E-state index contributed by atoms with van der Waals surface area (Å²) in [4.78, 5) is 44.2. The van der Waals surface area contributed by atoms with Gasteiger partial charge in [-0.05, 0) is 24.6 Å². The summed E-state index contributed by atoms with van der Waals surface area (Å²) in [6.07, 6.45) is 2.30. The molecular formula is C24H20N2O4. The molecule has 6 heteroatoms. The van der Waals surface area contributed by atoms with Crippen molar-refractivity contribution in [1.82, 2.24) is 4.90 Å². The molecular weight excluding hydrogens is 380 g/mol. The topological polar surface area (TPSA) is 70.8 Å². The summed E-state index contributed by atoms with van der Waals surface area (Å²) >= 11 is 0. The third-order valence-corrected chi connectivity index (χ3v) is 5.90. The highest BCUT2D eigenvalue weighted by Crippen LogP contribution is 2.52. The Balaban J connectivity index is 1.94. The Morgan fingerprint density at radius 2 is 1.80 bits per heavy atom. The van der Waals surface area contributed by atoms with Gasteiger partial charge in [0.2, 0.25) is 5.76 Å². The van der Waals surface area contributed by atoms with Crippen LogP contribution in [0.15, 0.2) is 70.4 Å². The minimum Gasteiger partial charge on any atom is -0.450 e. The molecule has 0 radical (unpaired) electrons. The lowest BCUT2D eigenvalue weighted by Crippen LogP contribution is -2.53. The lowest BCUT2D eigenvalue weighted by Gasteiger charge is -2.33. The van der Waals surface area contributed by atoms with Crippen LogP contribution >= 0.6 is 0 Å². The number of carbonyl (C=O) groups excluding carboxylic acids is 2. The number of benzene rings is 2. The summed E-state index contributed by atoms with van der Waals surface area (Å²) in [6.45, 7) is 6.34. The highest BCUT2D eigenvalue weighted by Gasteiger charge is 2.64. The smallest absolute Gasteiger partial charge is 0.291 e. The average Bonchev–Trinajstić information content (AvgIpc) is 3.15. The van der Waals surface area contributed by atoms with Crippen LogP contribution in [0.2, 0.25) is 0 Å². The van der Waals surface area contributed by atoms with E-state index in [0.29, 0.717) is 28.8 Å². The number of hydrogen-bond acceptors (Lipinski definition) is 4. The zero-order chi connectivity index (χ0) is 21.0. The van der Waals surface area contributed by atoms with Gasteiger partial charge in [-0.3, -0.25) is 14.4 Å². The fourth-order valence-electron chi connectivity index (χ4n) is 4.76. The minimum absolute atomic E-state index is 0.0675. The first-order chi connectivity index (χ1) is 14.6. The van der Waals surface area contributed by atoms with E-state index in [-0.39, 0.29) is 29.2 Å². The first-order valence-corrected chi connectivity index (χ1v) is 9.98. The van der Waals surface area contributed by atoms with Gasteiger partial charge in [-0.2, -0.15) is 0 Å². The van der Waals surface area contributed by atoms with Crippen LogP contribution < -0.4 is 10.3 Å². The zero-order valence-electron chi connectivity index (χ0n) is 16.6. The van der Waals surface area contributed by atoms with E-state index in [1.807, 2.05) is 31.2 Å². The molecule has 3 aromatic rings. The number of anilines is 1. The molecule has 30 heavy (non-hydrogen) atoms. The Bertz CT molecular complexity index is 1290. The van der Waals surface area contributed by atoms with Gasteiger partial charge in [0, 0.05) is 18.7 Å². The fraction of sp³-hybridized carbons (Fsp3) is 0.208. The van der Waals surface area contributed by atoms with E-state index >= 15 is 0 Å². The molecule has 0 N–H and O–H groups in total. The van der Waals surface area contributed by atoms with Crippen LogP contribution in [0.1, 0.15) is 35.0 Å². The molecule has 2 aliphatic heterocycles. The molecule has 1 spiro atoms. The highest BCUT2D eigenvalue weighted by molar-refractivity contribution is 6.17. The van der Waals surface area contributed by atoms with E-state index in [0.717, 1.165) is 6.42 Å². The largest absolute Gasteiger partial charge is 0.450 e. The summed E-state index contributed by atoms with van der Waals surface area (Å²) in [5, 5.41) is 0.350. The van der Waals surface area contributed by atoms with Crippen molar-refractivity contribution in [3.63, 3.8) is 0 Å². The fourth-order valence-corrected chi connectivity index (χ4v) is 4.76. The number of carbonyl (C=O) groups is 2. The van der Waals surface area contributed by atoms with Crippen LogP contribution in [0.4, 0.5) is 5.69 Å². The van der Waals surface area contributed by atoms with Gasteiger partial charge >= 0.3 is 0 Å². The second kappa shape index (κ2) is 6.42. The van der Waals surface area contributed by atoms with Crippen molar-refractivity contribution in [2.24, 2.45) is 0 Å². The molecule has 0 saturated carbocycles. The molecule has 2 amide bonds. The van der Waals surface area contributed by atoms with Crippen molar-refractivity contribution >= 4 is 28.5 Å². The van der Waals surface area contributed by atoms with Crippen LogP contribution in [0.25, 0.3) is 11.0 Å². The van der Waals surface area contributed by atoms with E-state index in [2.05, 4.69) is 6.58 Å². The third-order valence-electron chi connectivity index (χ3n) is 5.90. The lowest BCUT2D eigenvalue weighted by atomic mass is 9.84. The number of nitrogens with zero attached hydrogens (tertiary/aromatic N) is 2. The number of rotatable bonds is 4. The maximum Gasteiger partial charge on any atom is 0.291 e. The van der Waals surface area contributed by atoms with Crippen molar-refractivity contribution in [2.45, 2.75) is 18.9 Å². The minimum atomic E-state index is -1.54. The van der Waals surface area contributed by atoms with Crippen molar-refractivity contribution in [2.75, 3.05) is 18.0 Å². The summed E-state index contributed by atoms with van der Waals surface area (Å²) < 4.78 is 5.92. The molecule has 2 aliphatic rings. The highest BCUT2D eigenvalue weighted by atomic mass is 16.3. The maximum atomic E-state index is 14.0. The SMILES string of the molecule is C=CCN1C(=O)c2oc3ccccc3c(=O)c2C12C(=O)N(CCC)c1ccccc12. The van der Waals surface area contributed by atoms with E-state index in [4.69, 9.17) is 4.42 Å². The average molecular weight is 400 g/mol. The molecule has 1 atom stereocenters. The quantitative estimate of drug-likeness (QED) is 0.629. The maximum absolute atomic E-state index is 14.0. The van der Waals surface area contributed by atoms with E-state index < -0.39 is 11.4 Å². The molecule has 6 nitrogen and oxygen atoms in total. The molecule has 3 heterocycles. The van der Waals surface area contributed by atoms with Gasteiger partial charge in [-0.15, -0.1) is 6.58 Å². The van der Waals surface area contributed by atoms with Gasteiger partial charge in [0.25, 0.3) is 11.8 Å². The number of fused-ring (bicyclic) bond motifs is 5. The second-order valence-corrected chi connectivity index (χ2v) is 7.52.